The molecule has 6 nitrogen and oxygen atoms in total. The van der Waals surface area contributed by atoms with Gasteiger partial charge in [-0.1, -0.05) is 6.92 Å². The molecule has 0 bridgehead atoms. The van der Waals surface area contributed by atoms with Gasteiger partial charge >= 0.3 is 6.09 Å². The monoisotopic (exact) mass is 466 g/mol. The lowest BCUT2D eigenvalue weighted by atomic mass is 9.97. The molecule has 0 radical (unpaired) electrons. The lowest BCUT2D eigenvalue weighted by molar-refractivity contribution is 0.0187. The molecule has 0 aromatic heterocycles. The molecular formula is C18H35IN4O2. The summed E-state index contributed by atoms with van der Waals surface area (Å²) in [6.45, 7) is 13.3. The Balaban J connectivity index is 0.00000312. The Kier molecular flexibility index (Phi) is 8.77. The number of amides is 1. The van der Waals surface area contributed by atoms with Crippen LogP contribution in [0.3, 0.4) is 0 Å². The molecule has 1 heterocycles. The Bertz CT molecular complexity index is 456. The fraction of sp³-hybridized carbons (Fsp3) is 0.889. The van der Waals surface area contributed by atoms with E-state index in [-0.39, 0.29) is 30.1 Å². The molecule has 1 saturated heterocycles. The van der Waals surface area contributed by atoms with E-state index >= 15 is 0 Å². The zero-order chi connectivity index (χ0) is 17.7. The number of nitrogens with one attached hydrogen (secondary N) is 2. The number of aliphatic imine (C=N–C) groups is 1. The summed E-state index contributed by atoms with van der Waals surface area (Å²) in [6.07, 6.45) is 3.02. The molecule has 7 heteroatoms. The van der Waals surface area contributed by atoms with Crippen molar-refractivity contribution in [1.29, 1.82) is 0 Å². The second kappa shape index (κ2) is 9.83. The van der Waals surface area contributed by atoms with Gasteiger partial charge in [-0.25, -0.2) is 4.79 Å². The van der Waals surface area contributed by atoms with E-state index in [2.05, 4.69) is 24.5 Å². The number of carbonyl (C=O) groups excluding carboxylic acids is 1. The number of halogens is 1. The summed E-state index contributed by atoms with van der Waals surface area (Å²) in [5.41, 5.74) is -0.426. The van der Waals surface area contributed by atoms with Gasteiger partial charge < -0.3 is 20.3 Å². The first-order chi connectivity index (χ1) is 11.3. The van der Waals surface area contributed by atoms with E-state index in [4.69, 9.17) is 9.73 Å². The fourth-order valence-electron chi connectivity index (χ4n) is 2.86. The van der Waals surface area contributed by atoms with Gasteiger partial charge in [-0.15, -0.1) is 24.0 Å². The molecule has 2 aliphatic rings. The van der Waals surface area contributed by atoms with Crippen LogP contribution in [-0.4, -0.2) is 54.8 Å². The predicted molar refractivity (Wildman–Crippen MR) is 113 cm³/mol. The number of hydrogen-bond acceptors (Lipinski definition) is 3. The lowest BCUT2D eigenvalue weighted by Crippen LogP contribution is -2.42. The highest BCUT2D eigenvalue weighted by Crippen LogP contribution is 2.28. The molecule has 2 atom stereocenters. The predicted octanol–water partition coefficient (Wildman–Crippen LogP) is 3.22. The van der Waals surface area contributed by atoms with Gasteiger partial charge in [0, 0.05) is 32.2 Å². The van der Waals surface area contributed by atoms with E-state index in [1.54, 1.807) is 0 Å². The largest absolute Gasteiger partial charge is 0.444 e. The third kappa shape index (κ3) is 8.00. The van der Waals surface area contributed by atoms with Crippen molar-refractivity contribution in [1.82, 2.24) is 15.5 Å². The van der Waals surface area contributed by atoms with Crippen LogP contribution in [0.2, 0.25) is 0 Å². The normalized spacial score (nSPS) is 24.4. The first kappa shape index (κ1) is 22.3. The lowest BCUT2D eigenvalue weighted by Gasteiger charge is -2.33. The Morgan fingerprint density at radius 2 is 1.88 bits per heavy atom. The van der Waals surface area contributed by atoms with Gasteiger partial charge in [0.2, 0.25) is 0 Å². The maximum atomic E-state index is 12.1. The summed E-state index contributed by atoms with van der Waals surface area (Å²) < 4.78 is 5.44. The van der Waals surface area contributed by atoms with Crippen molar-refractivity contribution in [2.45, 2.75) is 65.5 Å². The summed E-state index contributed by atoms with van der Waals surface area (Å²) in [6, 6.07) is 0.580. The minimum atomic E-state index is -0.426. The number of carbonyl (C=O) groups is 1. The van der Waals surface area contributed by atoms with Gasteiger partial charge in [0.25, 0.3) is 0 Å². The topological polar surface area (TPSA) is 66.0 Å². The first-order valence-corrected chi connectivity index (χ1v) is 9.31. The average molecular weight is 466 g/mol. The number of guanidine groups is 1. The molecule has 1 aliphatic carbocycles. The van der Waals surface area contributed by atoms with E-state index in [9.17, 15) is 4.79 Å². The van der Waals surface area contributed by atoms with E-state index in [1.165, 1.54) is 6.42 Å². The van der Waals surface area contributed by atoms with Crippen LogP contribution in [0.5, 0.6) is 0 Å². The highest BCUT2D eigenvalue weighted by Gasteiger charge is 2.33. The van der Waals surface area contributed by atoms with Crippen molar-refractivity contribution in [3.63, 3.8) is 0 Å². The minimum absolute atomic E-state index is 0. The van der Waals surface area contributed by atoms with Gasteiger partial charge in [0.05, 0.1) is 0 Å². The van der Waals surface area contributed by atoms with Crippen molar-refractivity contribution < 1.29 is 9.53 Å². The summed E-state index contributed by atoms with van der Waals surface area (Å²) >= 11 is 0. The highest BCUT2D eigenvalue weighted by molar-refractivity contribution is 14.0. The molecule has 146 valence electrons. The zero-order valence-electron chi connectivity index (χ0n) is 16.3. The van der Waals surface area contributed by atoms with Crippen molar-refractivity contribution in [2.24, 2.45) is 16.8 Å². The summed E-state index contributed by atoms with van der Waals surface area (Å²) in [5, 5.41) is 6.81. The molecule has 1 aliphatic heterocycles. The van der Waals surface area contributed by atoms with E-state index in [0.29, 0.717) is 12.0 Å². The van der Waals surface area contributed by atoms with Gasteiger partial charge in [-0.3, -0.25) is 4.99 Å². The molecule has 25 heavy (non-hydrogen) atoms. The Morgan fingerprint density at radius 1 is 1.28 bits per heavy atom. The number of ether oxygens (including phenoxy) is 1. The minimum Gasteiger partial charge on any atom is -0.444 e. The maximum absolute atomic E-state index is 12.1. The average Bonchev–Trinajstić information content (AvgIpc) is 3.19. The van der Waals surface area contributed by atoms with E-state index in [0.717, 1.165) is 50.9 Å². The third-order valence-electron chi connectivity index (χ3n) is 4.55. The van der Waals surface area contributed by atoms with Crippen LogP contribution in [0.15, 0.2) is 4.99 Å². The Morgan fingerprint density at radius 3 is 2.36 bits per heavy atom. The third-order valence-corrected chi connectivity index (χ3v) is 4.55. The van der Waals surface area contributed by atoms with Crippen LogP contribution in [0.25, 0.3) is 0 Å². The number of nitrogens with zero attached hydrogens (tertiary/aromatic N) is 2. The SMILES string of the molecule is CCNC(=NCC1CCN(C(=O)OC(C)(C)C)CC1)NC1CC1C.I. The van der Waals surface area contributed by atoms with Gasteiger partial charge in [0.15, 0.2) is 5.96 Å². The standard InChI is InChI=1S/C18H34N4O2.HI/c1-6-19-16(21-15-11-13(15)2)20-12-14-7-9-22(10-8-14)17(23)24-18(3,4)5;/h13-15H,6-12H2,1-5H3,(H2,19,20,21);1H. The molecular weight excluding hydrogens is 431 g/mol. The molecule has 2 unspecified atom stereocenters. The molecule has 1 saturated carbocycles. The molecule has 2 N–H and O–H groups in total. The molecule has 0 aromatic rings. The van der Waals surface area contributed by atoms with E-state index in [1.807, 2.05) is 25.7 Å². The molecule has 2 rings (SSSR count). The first-order valence-electron chi connectivity index (χ1n) is 9.31. The number of piperidine rings is 1. The molecule has 2 fully saturated rings. The van der Waals surface area contributed by atoms with Crippen LogP contribution in [0.4, 0.5) is 4.79 Å². The van der Waals surface area contributed by atoms with Crippen LogP contribution in [-0.2, 0) is 4.74 Å². The van der Waals surface area contributed by atoms with Crippen molar-refractivity contribution in [3.05, 3.63) is 0 Å². The van der Waals surface area contributed by atoms with Crippen LogP contribution < -0.4 is 10.6 Å². The van der Waals surface area contributed by atoms with Gasteiger partial charge in [-0.2, -0.15) is 0 Å². The number of hydrogen-bond donors (Lipinski definition) is 2. The smallest absolute Gasteiger partial charge is 0.410 e. The summed E-state index contributed by atoms with van der Waals surface area (Å²) in [7, 11) is 0. The van der Waals surface area contributed by atoms with Crippen LogP contribution >= 0.6 is 24.0 Å². The highest BCUT2D eigenvalue weighted by atomic mass is 127. The number of rotatable bonds is 4. The number of likely N-dealkylation sites (tertiary alicyclic amines) is 1. The second-order valence-corrected chi connectivity index (χ2v) is 8.09. The fourth-order valence-corrected chi connectivity index (χ4v) is 2.86. The zero-order valence-corrected chi connectivity index (χ0v) is 18.6. The quantitative estimate of drug-likeness (QED) is 0.380. The van der Waals surface area contributed by atoms with Gasteiger partial charge in [0.1, 0.15) is 5.60 Å². The Labute approximate surface area is 169 Å². The molecule has 0 spiro atoms. The van der Waals surface area contributed by atoms with Crippen molar-refractivity contribution in [3.8, 4) is 0 Å². The van der Waals surface area contributed by atoms with E-state index < -0.39 is 5.60 Å². The Hall–Kier alpha value is -0.730. The second-order valence-electron chi connectivity index (χ2n) is 8.09. The van der Waals surface area contributed by atoms with Gasteiger partial charge in [-0.05, 0) is 58.8 Å². The molecule has 1 amide bonds. The maximum Gasteiger partial charge on any atom is 0.410 e. The van der Waals surface area contributed by atoms with Crippen molar-refractivity contribution in [2.75, 3.05) is 26.2 Å². The van der Waals surface area contributed by atoms with Crippen LogP contribution in [0.1, 0.15) is 53.9 Å². The van der Waals surface area contributed by atoms with Crippen molar-refractivity contribution >= 4 is 36.0 Å². The summed E-state index contributed by atoms with van der Waals surface area (Å²) in [4.78, 5) is 18.6. The van der Waals surface area contributed by atoms with Crippen LogP contribution in [0, 0.1) is 11.8 Å². The summed E-state index contributed by atoms with van der Waals surface area (Å²) in [5.74, 6) is 2.23. The molecule has 0 aromatic carbocycles.